The second kappa shape index (κ2) is 2.48. The first-order valence-electron chi connectivity index (χ1n) is 4.23. The third-order valence-corrected chi connectivity index (χ3v) is 2.43. The predicted octanol–water partition coefficient (Wildman–Crippen LogP) is 0.806. The Morgan fingerprint density at radius 3 is 2.82 bits per heavy atom. The van der Waals surface area contributed by atoms with Crippen molar-refractivity contribution in [3.63, 3.8) is 0 Å². The Morgan fingerprint density at radius 2 is 2.36 bits per heavy atom. The molecule has 0 bridgehead atoms. The van der Waals surface area contributed by atoms with E-state index >= 15 is 0 Å². The highest BCUT2D eigenvalue weighted by Gasteiger charge is 2.42. The van der Waals surface area contributed by atoms with Crippen molar-refractivity contribution in [1.29, 1.82) is 0 Å². The fourth-order valence-electron chi connectivity index (χ4n) is 1.47. The summed E-state index contributed by atoms with van der Waals surface area (Å²) in [6, 6.07) is 0. The van der Waals surface area contributed by atoms with Gasteiger partial charge in [0.15, 0.2) is 0 Å². The van der Waals surface area contributed by atoms with Crippen LogP contribution in [0.15, 0.2) is 0 Å². The molecule has 1 heterocycles. The molecule has 0 aromatic carbocycles. The highest BCUT2D eigenvalue weighted by Crippen LogP contribution is 2.39. The van der Waals surface area contributed by atoms with Gasteiger partial charge in [0, 0.05) is 5.92 Å². The predicted molar refractivity (Wildman–Crippen MR) is 39.6 cm³/mol. The molecule has 1 aliphatic heterocycles. The van der Waals surface area contributed by atoms with E-state index in [1.165, 1.54) is 5.06 Å². The fourth-order valence-corrected chi connectivity index (χ4v) is 1.47. The number of hydrogen-bond acceptors (Lipinski definition) is 2. The van der Waals surface area contributed by atoms with Gasteiger partial charge in [-0.25, -0.2) is 5.06 Å². The molecule has 1 saturated heterocycles. The summed E-state index contributed by atoms with van der Waals surface area (Å²) < 4.78 is 0. The van der Waals surface area contributed by atoms with Gasteiger partial charge in [0.2, 0.25) is 5.91 Å². The van der Waals surface area contributed by atoms with Crippen LogP contribution in [0.2, 0.25) is 0 Å². The molecule has 2 rings (SSSR count). The van der Waals surface area contributed by atoms with Gasteiger partial charge >= 0.3 is 0 Å². The van der Waals surface area contributed by atoms with Gasteiger partial charge in [-0.2, -0.15) is 0 Å². The second-order valence-corrected chi connectivity index (χ2v) is 3.45. The van der Waals surface area contributed by atoms with Crippen LogP contribution in [-0.4, -0.2) is 24.1 Å². The zero-order valence-corrected chi connectivity index (χ0v) is 6.75. The molecule has 0 spiro atoms. The molecule has 1 aliphatic carbocycles. The van der Waals surface area contributed by atoms with Crippen molar-refractivity contribution in [2.75, 3.05) is 13.2 Å². The van der Waals surface area contributed by atoms with E-state index in [1.807, 2.05) is 0 Å². The molecule has 2 aliphatic rings. The average molecular weight is 155 g/mol. The Kier molecular flexibility index (Phi) is 1.60. The van der Waals surface area contributed by atoms with Crippen LogP contribution in [0.4, 0.5) is 0 Å². The quantitative estimate of drug-likeness (QED) is 0.560. The van der Waals surface area contributed by atoms with E-state index in [0.717, 1.165) is 19.4 Å². The number of hydrogen-bond donors (Lipinski definition) is 0. The highest BCUT2D eigenvalue weighted by molar-refractivity contribution is 5.80. The number of carbonyl (C=O) groups is 1. The summed E-state index contributed by atoms with van der Waals surface area (Å²) in [6.07, 6.45) is 2.05. The first kappa shape index (κ1) is 7.10. The summed E-state index contributed by atoms with van der Waals surface area (Å²) in [5, 5.41) is 1.54. The van der Waals surface area contributed by atoms with Gasteiger partial charge in [-0.05, 0) is 18.8 Å². The number of nitrogens with zero attached hydrogens (tertiary/aromatic N) is 1. The average Bonchev–Trinajstić information content (AvgIpc) is 2.56. The molecule has 0 aromatic rings. The van der Waals surface area contributed by atoms with Crippen molar-refractivity contribution < 1.29 is 9.63 Å². The zero-order chi connectivity index (χ0) is 7.84. The molecule has 2 atom stereocenters. The number of hydroxylamine groups is 2. The molecule has 0 N–H and O–H groups in total. The van der Waals surface area contributed by atoms with E-state index in [4.69, 9.17) is 4.84 Å². The van der Waals surface area contributed by atoms with Crippen molar-refractivity contribution >= 4 is 5.91 Å². The lowest BCUT2D eigenvalue weighted by atomic mass is 10.3. The van der Waals surface area contributed by atoms with Gasteiger partial charge in [-0.1, -0.05) is 6.92 Å². The van der Waals surface area contributed by atoms with E-state index < -0.39 is 0 Å². The van der Waals surface area contributed by atoms with Crippen LogP contribution in [0, 0.1) is 11.8 Å². The minimum Gasteiger partial charge on any atom is -0.272 e. The zero-order valence-electron chi connectivity index (χ0n) is 6.75. The maximum atomic E-state index is 11.4. The van der Waals surface area contributed by atoms with Crippen LogP contribution >= 0.6 is 0 Å². The third kappa shape index (κ3) is 1.25. The Labute approximate surface area is 66.3 Å². The first-order chi connectivity index (χ1) is 5.29. The SMILES string of the molecule is CC1CC1C(=O)N1CCCO1. The molecule has 62 valence electrons. The normalized spacial score (nSPS) is 35.9. The summed E-state index contributed by atoms with van der Waals surface area (Å²) in [6.45, 7) is 3.62. The van der Waals surface area contributed by atoms with Crippen LogP contribution in [-0.2, 0) is 9.63 Å². The molecule has 0 aromatic heterocycles. The first-order valence-corrected chi connectivity index (χ1v) is 4.23. The summed E-state index contributed by atoms with van der Waals surface area (Å²) in [5.74, 6) is 1.06. The van der Waals surface area contributed by atoms with E-state index in [9.17, 15) is 4.79 Å². The van der Waals surface area contributed by atoms with Gasteiger partial charge < -0.3 is 0 Å². The summed E-state index contributed by atoms with van der Waals surface area (Å²) >= 11 is 0. The molecule has 3 nitrogen and oxygen atoms in total. The van der Waals surface area contributed by atoms with E-state index in [0.29, 0.717) is 12.5 Å². The summed E-state index contributed by atoms with van der Waals surface area (Å²) in [4.78, 5) is 16.6. The smallest absolute Gasteiger partial charge is 0.249 e. The summed E-state index contributed by atoms with van der Waals surface area (Å²) in [5.41, 5.74) is 0. The summed E-state index contributed by atoms with van der Waals surface area (Å²) in [7, 11) is 0. The number of rotatable bonds is 1. The molecule has 1 saturated carbocycles. The number of amides is 1. The van der Waals surface area contributed by atoms with Crippen molar-refractivity contribution in [1.82, 2.24) is 5.06 Å². The largest absolute Gasteiger partial charge is 0.272 e. The molecule has 3 heteroatoms. The van der Waals surface area contributed by atoms with Gasteiger partial charge in [-0.3, -0.25) is 9.63 Å². The van der Waals surface area contributed by atoms with Crippen molar-refractivity contribution in [3.05, 3.63) is 0 Å². The lowest BCUT2D eigenvalue weighted by Gasteiger charge is -2.12. The molecule has 1 amide bonds. The Bertz CT molecular complexity index is 175. The molecule has 0 radical (unpaired) electrons. The van der Waals surface area contributed by atoms with Gasteiger partial charge in [-0.15, -0.1) is 0 Å². The van der Waals surface area contributed by atoms with Gasteiger partial charge in [0.05, 0.1) is 13.2 Å². The van der Waals surface area contributed by atoms with E-state index in [-0.39, 0.29) is 11.8 Å². The van der Waals surface area contributed by atoms with Crippen molar-refractivity contribution in [2.45, 2.75) is 19.8 Å². The molecule has 2 fully saturated rings. The lowest BCUT2D eigenvalue weighted by Crippen LogP contribution is -2.28. The molecule has 11 heavy (non-hydrogen) atoms. The van der Waals surface area contributed by atoms with Crippen molar-refractivity contribution in [2.24, 2.45) is 11.8 Å². The minimum atomic E-state index is 0.204. The highest BCUT2D eigenvalue weighted by atomic mass is 16.7. The Balaban J connectivity index is 1.89. The number of carbonyl (C=O) groups excluding carboxylic acids is 1. The standard InChI is InChI=1S/C8H13NO2/c1-6-5-7(6)8(10)9-3-2-4-11-9/h6-7H,2-5H2,1H3. The molecular weight excluding hydrogens is 142 g/mol. The van der Waals surface area contributed by atoms with E-state index in [2.05, 4.69) is 6.92 Å². The third-order valence-electron chi connectivity index (χ3n) is 2.43. The monoisotopic (exact) mass is 155 g/mol. The maximum absolute atomic E-state index is 11.4. The van der Waals surface area contributed by atoms with Crippen LogP contribution in [0.25, 0.3) is 0 Å². The maximum Gasteiger partial charge on any atom is 0.249 e. The fraction of sp³-hybridized carbons (Fsp3) is 0.875. The Morgan fingerprint density at radius 1 is 1.64 bits per heavy atom. The van der Waals surface area contributed by atoms with Gasteiger partial charge in [0.25, 0.3) is 0 Å². The van der Waals surface area contributed by atoms with Crippen molar-refractivity contribution in [3.8, 4) is 0 Å². The topological polar surface area (TPSA) is 29.5 Å². The van der Waals surface area contributed by atoms with Crippen LogP contribution < -0.4 is 0 Å². The molecule has 2 unspecified atom stereocenters. The van der Waals surface area contributed by atoms with E-state index in [1.54, 1.807) is 0 Å². The Hall–Kier alpha value is -0.570. The van der Waals surface area contributed by atoms with Gasteiger partial charge in [0.1, 0.15) is 0 Å². The lowest BCUT2D eigenvalue weighted by molar-refractivity contribution is -0.170. The second-order valence-electron chi connectivity index (χ2n) is 3.45. The minimum absolute atomic E-state index is 0.204. The molecular formula is C8H13NO2. The van der Waals surface area contributed by atoms with Crippen LogP contribution in [0.1, 0.15) is 19.8 Å². The van der Waals surface area contributed by atoms with Crippen LogP contribution in [0.3, 0.4) is 0 Å². The van der Waals surface area contributed by atoms with Crippen LogP contribution in [0.5, 0.6) is 0 Å².